The minimum Gasteiger partial charge on any atom is -0.349 e. The summed E-state index contributed by atoms with van der Waals surface area (Å²) in [6.07, 6.45) is 0.353. The van der Waals surface area contributed by atoms with E-state index in [1.807, 2.05) is 78.9 Å². The largest absolute Gasteiger partial charge is 0.349 e. The predicted octanol–water partition coefficient (Wildman–Crippen LogP) is 4.60. The van der Waals surface area contributed by atoms with Gasteiger partial charge in [-0.05, 0) is 29.3 Å². The van der Waals surface area contributed by atoms with E-state index in [1.54, 1.807) is 0 Å². The van der Waals surface area contributed by atoms with Crippen molar-refractivity contribution in [3.8, 4) is 0 Å². The van der Waals surface area contributed by atoms with Crippen LogP contribution < -0.4 is 5.32 Å². The zero-order valence-electron chi connectivity index (χ0n) is 15.3. The number of nitrogens with one attached hydrogen (secondary N) is 1. The normalized spacial score (nSPS) is 10.9. The first-order valence-electron chi connectivity index (χ1n) is 9.19. The van der Waals surface area contributed by atoms with Crippen molar-refractivity contribution in [1.82, 2.24) is 14.9 Å². The molecule has 0 bridgehead atoms. The summed E-state index contributed by atoms with van der Waals surface area (Å²) in [6.45, 7) is 0.967. The molecule has 1 amide bonds. The number of aromatic nitrogens is 2. The molecule has 1 N–H and O–H groups in total. The SMILES string of the molecule is O=C(Cc1ccccc1)NCc1nc2ccccc2n1Cc1ccccc1Cl. The van der Waals surface area contributed by atoms with Crippen molar-refractivity contribution in [3.05, 3.63) is 101 Å². The predicted molar refractivity (Wildman–Crippen MR) is 112 cm³/mol. The van der Waals surface area contributed by atoms with Gasteiger partial charge in [0.1, 0.15) is 5.82 Å². The van der Waals surface area contributed by atoms with Crippen LogP contribution >= 0.6 is 11.6 Å². The molecular formula is C23H20ClN3O. The van der Waals surface area contributed by atoms with Gasteiger partial charge in [0.2, 0.25) is 5.91 Å². The van der Waals surface area contributed by atoms with E-state index in [2.05, 4.69) is 9.88 Å². The van der Waals surface area contributed by atoms with Crippen LogP contribution in [0, 0.1) is 0 Å². The number of imidazole rings is 1. The summed E-state index contributed by atoms with van der Waals surface area (Å²) < 4.78 is 2.11. The number of rotatable bonds is 6. The molecule has 0 atom stereocenters. The number of carbonyl (C=O) groups excluding carboxylic acids is 1. The van der Waals surface area contributed by atoms with E-state index in [1.165, 1.54) is 0 Å². The van der Waals surface area contributed by atoms with Crippen molar-refractivity contribution >= 4 is 28.5 Å². The molecular weight excluding hydrogens is 370 g/mol. The van der Waals surface area contributed by atoms with Crippen molar-refractivity contribution < 1.29 is 4.79 Å². The highest BCUT2D eigenvalue weighted by Gasteiger charge is 2.13. The van der Waals surface area contributed by atoms with E-state index >= 15 is 0 Å². The highest BCUT2D eigenvalue weighted by Crippen LogP contribution is 2.21. The Bertz CT molecular complexity index is 1110. The maximum Gasteiger partial charge on any atom is 0.224 e. The van der Waals surface area contributed by atoms with Crippen molar-refractivity contribution in [2.24, 2.45) is 0 Å². The molecule has 5 heteroatoms. The van der Waals surface area contributed by atoms with Crippen LogP contribution in [0.4, 0.5) is 0 Å². The van der Waals surface area contributed by atoms with Crippen molar-refractivity contribution in [1.29, 1.82) is 0 Å². The van der Waals surface area contributed by atoms with Crippen molar-refractivity contribution in [2.75, 3.05) is 0 Å². The van der Waals surface area contributed by atoms with Crippen LogP contribution in [-0.4, -0.2) is 15.5 Å². The standard InChI is InChI=1S/C23H20ClN3O/c24-19-11-5-4-10-18(19)16-27-21-13-7-6-12-20(21)26-22(27)15-25-23(28)14-17-8-2-1-3-9-17/h1-13H,14-16H2,(H,25,28). The molecule has 0 aliphatic rings. The van der Waals surface area contributed by atoms with Gasteiger partial charge in [0.25, 0.3) is 0 Å². The third-order valence-corrected chi connectivity index (χ3v) is 5.04. The Morgan fingerprint density at radius 3 is 2.46 bits per heavy atom. The molecule has 0 saturated carbocycles. The minimum absolute atomic E-state index is 0.0254. The number of para-hydroxylation sites is 2. The lowest BCUT2D eigenvalue weighted by Crippen LogP contribution is -2.26. The van der Waals surface area contributed by atoms with Crippen LogP contribution in [0.1, 0.15) is 17.0 Å². The first-order valence-corrected chi connectivity index (χ1v) is 9.56. The zero-order valence-corrected chi connectivity index (χ0v) is 16.1. The lowest BCUT2D eigenvalue weighted by molar-refractivity contribution is -0.120. The second-order valence-electron chi connectivity index (χ2n) is 6.63. The summed E-state index contributed by atoms with van der Waals surface area (Å²) in [5, 5.41) is 3.72. The monoisotopic (exact) mass is 389 g/mol. The summed E-state index contributed by atoms with van der Waals surface area (Å²) in [6, 6.07) is 25.5. The first-order chi connectivity index (χ1) is 13.7. The molecule has 0 unspecified atom stereocenters. The van der Waals surface area contributed by atoms with Gasteiger partial charge < -0.3 is 9.88 Å². The van der Waals surface area contributed by atoms with Gasteiger partial charge in [-0.3, -0.25) is 4.79 Å². The van der Waals surface area contributed by atoms with Gasteiger partial charge in [0, 0.05) is 5.02 Å². The number of amides is 1. The fraction of sp³-hybridized carbons (Fsp3) is 0.130. The number of hydrogen-bond donors (Lipinski definition) is 1. The fourth-order valence-corrected chi connectivity index (χ4v) is 3.45. The van der Waals surface area contributed by atoms with E-state index < -0.39 is 0 Å². The van der Waals surface area contributed by atoms with Crippen LogP contribution in [0.5, 0.6) is 0 Å². The van der Waals surface area contributed by atoms with Crippen LogP contribution in [0.25, 0.3) is 11.0 Å². The van der Waals surface area contributed by atoms with E-state index in [-0.39, 0.29) is 5.91 Å². The van der Waals surface area contributed by atoms with E-state index in [4.69, 9.17) is 16.6 Å². The number of benzene rings is 3. The first kappa shape index (κ1) is 18.3. The Hall–Kier alpha value is -3.11. The second-order valence-corrected chi connectivity index (χ2v) is 7.04. The lowest BCUT2D eigenvalue weighted by atomic mass is 10.1. The number of carbonyl (C=O) groups is 1. The molecule has 0 radical (unpaired) electrons. The van der Waals surface area contributed by atoms with Crippen LogP contribution in [-0.2, 0) is 24.3 Å². The Kier molecular flexibility index (Phi) is 5.40. The molecule has 4 nitrogen and oxygen atoms in total. The van der Waals surface area contributed by atoms with E-state index in [0.717, 1.165) is 33.0 Å². The van der Waals surface area contributed by atoms with Gasteiger partial charge in [-0.25, -0.2) is 4.98 Å². The molecule has 0 aliphatic carbocycles. The summed E-state index contributed by atoms with van der Waals surface area (Å²) in [5.41, 5.74) is 3.94. The molecule has 140 valence electrons. The van der Waals surface area contributed by atoms with Gasteiger partial charge in [0.15, 0.2) is 0 Å². The Labute approximate surface area is 168 Å². The van der Waals surface area contributed by atoms with E-state index in [9.17, 15) is 4.79 Å². The highest BCUT2D eigenvalue weighted by molar-refractivity contribution is 6.31. The molecule has 1 aromatic heterocycles. The second kappa shape index (κ2) is 8.28. The average molecular weight is 390 g/mol. The van der Waals surface area contributed by atoms with Crippen LogP contribution in [0.3, 0.4) is 0 Å². The van der Waals surface area contributed by atoms with Crippen molar-refractivity contribution in [3.63, 3.8) is 0 Å². The summed E-state index contributed by atoms with van der Waals surface area (Å²) in [7, 11) is 0. The van der Waals surface area contributed by atoms with Crippen LogP contribution in [0.15, 0.2) is 78.9 Å². The molecule has 0 saturated heterocycles. The number of halogens is 1. The molecule has 28 heavy (non-hydrogen) atoms. The topological polar surface area (TPSA) is 46.9 Å². The molecule has 4 aromatic rings. The summed E-state index contributed by atoms with van der Waals surface area (Å²) in [4.78, 5) is 17.1. The Balaban J connectivity index is 1.56. The van der Waals surface area contributed by atoms with E-state index in [0.29, 0.717) is 19.5 Å². The molecule has 4 rings (SSSR count). The lowest BCUT2D eigenvalue weighted by Gasteiger charge is -2.11. The van der Waals surface area contributed by atoms with Gasteiger partial charge in [-0.2, -0.15) is 0 Å². The Morgan fingerprint density at radius 2 is 1.64 bits per heavy atom. The minimum atomic E-state index is -0.0254. The molecule has 1 heterocycles. The summed E-state index contributed by atoms with van der Waals surface area (Å²) in [5.74, 6) is 0.782. The van der Waals surface area contributed by atoms with Gasteiger partial charge in [0.05, 0.1) is 30.5 Å². The molecule has 0 aliphatic heterocycles. The van der Waals surface area contributed by atoms with Crippen molar-refractivity contribution in [2.45, 2.75) is 19.5 Å². The molecule has 0 fully saturated rings. The maximum absolute atomic E-state index is 12.4. The third kappa shape index (κ3) is 4.07. The zero-order chi connectivity index (χ0) is 19.3. The maximum atomic E-state index is 12.4. The highest BCUT2D eigenvalue weighted by atomic mass is 35.5. The number of fused-ring (bicyclic) bond motifs is 1. The fourth-order valence-electron chi connectivity index (χ4n) is 3.26. The molecule has 0 spiro atoms. The average Bonchev–Trinajstić information content (AvgIpc) is 3.06. The van der Waals surface area contributed by atoms with Crippen LogP contribution in [0.2, 0.25) is 5.02 Å². The van der Waals surface area contributed by atoms with Gasteiger partial charge >= 0.3 is 0 Å². The number of hydrogen-bond acceptors (Lipinski definition) is 2. The van der Waals surface area contributed by atoms with Gasteiger partial charge in [-0.1, -0.05) is 72.3 Å². The third-order valence-electron chi connectivity index (χ3n) is 4.67. The molecule has 3 aromatic carbocycles. The summed E-state index contributed by atoms with van der Waals surface area (Å²) >= 11 is 6.36. The smallest absolute Gasteiger partial charge is 0.224 e. The van der Waals surface area contributed by atoms with Gasteiger partial charge in [-0.15, -0.1) is 0 Å². The Morgan fingerprint density at radius 1 is 0.929 bits per heavy atom. The quantitative estimate of drug-likeness (QED) is 0.524. The number of nitrogens with zero attached hydrogens (tertiary/aromatic N) is 2.